The molecule has 4 aromatic rings. The Kier molecular flexibility index (Phi) is 15.3. The molecule has 0 radical (unpaired) electrons. The number of anilines is 1. The number of sulfone groups is 1. The van der Waals surface area contributed by atoms with Crippen LogP contribution >= 0.6 is 0 Å². The van der Waals surface area contributed by atoms with E-state index in [2.05, 4.69) is 27.3 Å². The van der Waals surface area contributed by atoms with E-state index >= 15 is 0 Å². The van der Waals surface area contributed by atoms with E-state index in [0.29, 0.717) is 23.2 Å². The van der Waals surface area contributed by atoms with Crippen LogP contribution in [0.15, 0.2) is 64.3 Å². The Bertz CT molecular complexity index is 2900. The quantitative estimate of drug-likeness (QED) is 0.0714. The van der Waals surface area contributed by atoms with Crippen LogP contribution in [0.25, 0.3) is 11.0 Å². The summed E-state index contributed by atoms with van der Waals surface area (Å²) in [6, 6.07) is 11.8. The van der Waals surface area contributed by atoms with Crippen molar-refractivity contribution in [2.75, 3.05) is 11.2 Å². The number of benzene rings is 3. The van der Waals surface area contributed by atoms with Gasteiger partial charge >= 0.3 is 11.8 Å². The molecular weight excluding hydrogens is 921 g/mol. The number of alkyl carbamates (subject to hydrolysis) is 1. The molecule has 0 aliphatic carbocycles. The summed E-state index contributed by atoms with van der Waals surface area (Å²) in [5.74, 6) is -3.24. The van der Waals surface area contributed by atoms with Crippen molar-refractivity contribution in [3.05, 3.63) is 92.9 Å². The molecule has 1 saturated heterocycles. The third-order valence-electron chi connectivity index (χ3n) is 13.0. The number of carbonyl (C=O) groups is 7. The monoisotopic (exact) mass is 982 g/mol. The summed E-state index contributed by atoms with van der Waals surface area (Å²) in [5, 5.41) is 10.6. The van der Waals surface area contributed by atoms with E-state index in [9.17, 15) is 46.8 Å². The van der Waals surface area contributed by atoms with Gasteiger partial charge in [-0.15, -0.1) is 0 Å². The predicted molar refractivity (Wildman–Crippen MR) is 259 cm³/mol. The Morgan fingerprint density at radius 1 is 0.857 bits per heavy atom. The van der Waals surface area contributed by atoms with Crippen LogP contribution < -0.4 is 37.6 Å². The van der Waals surface area contributed by atoms with Crippen molar-refractivity contribution in [1.29, 1.82) is 0 Å². The Morgan fingerprint density at radius 3 is 2.19 bits per heavy atom. The lowest BCUT2D eigenvalue weighted by atomic mass is 9.95. The highest BCUT2D eigenvalue weighted by atomic mass is 32.2. The number of fused-ring (bicyclic) bond motifs is 1. The van der Waals surface area contributed by atoms with E-state index in [1.54, 1.807) is 40.0 Å². The Labute approximate surface area is 406 Å². The van der Waals surface area contributed by atoms with E-state index in [1.807, 2.05) is 24.3 Å². The van der Waals surface area contributed by atoms with Gasteiger partial charge in [-0.05, 0) is 124 Å². The van der Waals surface area contributed by atoms with E-state index in [4.69, 9.17) is 10.5 Å². The van der Waals surface area contributed by atoms with Crippen molar-refractivity contribution in [3.8, 4) is 0 Å². The van der Waals surface area contributed by atoms with Crippen LogP contribution in [0.1, 0.15) is 112 Å². The number of nitrogens with two attached hydrogens (primary N) is 1. The maximum atomic E-state index is 14.5. The number of primary amides is 1. The first-order valence-corrected chi connectivity index (χ1v) is 25.6. The van der Waals surface area contributed by atoms with Crippen LogP contribution in [0.3, 0.4) is 0 Å². The maximum absolute atomic E-state index is 14.5. The average molecular weight is 983 g/mol. The third kappa shape index (κ3) is 11.9. The van der Waals surface area contributed by atoms with Crippen LogP contribution in [0.5, 0.6) is 0 Å². The summed E-state index contributed by atoms with van der Waals surface area (Å²) in [6.45, 7) is 5.14. The molecule has 374 valence electrons. The second-order valence-corrected chi connectivity index (χ2v) is 21.6. The molecule has 3 aliphatic heterocycles. The number of aromatic nitrogens is 2. The molecule has 7 rings (SSSR count). The van der Waals surface area contributed by atoms with Gasteiger partial charge < -0.3 is 26.4 Å². The fraction of sp³-hybridized carbons (Fsp3) is 0.480. The number of piperidine rings is 1. The molecule has 1 aromatic heterocycles. The van der Waals surface area contributed by atoms with Gasteiger partial charge in [0.2, 0.25) is 35.4 Å². The maximum Gasteiger partial charge on any atom is 0.408 e. The lowest BCUT2D eigenvalue weighted by Crippen LogP contribution is -2.57. The summed E-state index contributed by atoms with van der Waals surface area (Å²) < 4.78 is 32.4. The number of imide groups is 1. The van der Waals surface area contributed by atoms with Gasteiger partial charge in [-0.3, -0.25) is 48.1 Å². The molecule has 3 aliphatic rings. The minimum atomic E-state index is -3.43. The number of amides is 7. The van der Waals surface area contributed by atoms with Crippen molar-refractivity contribution < 1.29 is 46.7 Å². The van der Waals surface area contributed by atoms with Gasteiger partial charge in [0.15, 0.2) is 9.84 Å². The van der Waals surface area contributed by atoms with Crippen molar-refractivity contribution in [2.24, 2.45) is 12.8 Å². The van der Waals surface area contributed by atoms with Crippen molar-refractivity contribution in [2.45, 2.75) is 145 Å². The van der Waals surface area contributed by atoms with Crippen molar-refractivity contribution in [3.63, 3.8) is 0 Å². The molecule has 7 amide bonds. The molecule has 4 heterocycles. The third-order valence-corrected chi connectivity index (χ3v) is 14.1. The Morgan fingerprint density at radius 2 is 1.53 bits per heavy atom. The fourth-order valence-electron chi connectivity index (χ4n) is 9.53. The molecule has 0 spiro atoms. The SMILES string of the molecule is Cn1c(=O)n(C2CCC(=O)NC2=O)c2ccc(CCCCCCc3cc4c5c(c3)C[C@@H](C(=O)N[C@@H](CCC(N)=O)C(=O)NCc3ccc(S(C)(=O)=O)cc3)N5C(=O)[C@@H](NC(=O)OC(C)(C)C)CC4)cc21. The molecule has 3 aromatic carbocycles. The second kappa shape index (κ2) is 21.0. The topological polar surface area (TPSA) is 267 Å². The van der Waals surface area contributed by atoms with Gasteiger partial charge in [0.25, 0.3) is 0 Å². The zero-order valence-electron chi connectivity index (χ0n) is 40.2. The lowest BCUT2D eigenvalue weighted by molar-refractivity contribution is -0.136. The Hall–Kier alpha value is -6.83. The van der Waals surface area contributed by atoms with Gasteiger partial charge in [0.1, 0.15) is 29.8 Å². The number of aryl methyl sites for hydroxylation is 4. The largest absolute Gasteiger partial charge is 0.444 e. The van der Waals surface area contributed by atoms with Crippen LogP contribution in [0.2, 0.25) is 0 Å². The number of imidazole rings is 1. The number of rotatable bonds is 18. The summed E-state index contributed by atoms with van der Waals surface area (Å²) in [7, 11) is -1.75. The minimum Gasteiger partial charge on any atom is -0.444 e. The summed E-state index contributed by atoms with van der Waals surface area (Å²) >= 11 is 0. The molecule has 1 fully saturated rings. The van der Waals surface area contributed by atoms with E-state index in [1.165, 1.54) is 26.2 Å². The highest BCUT2D eigenvalue weighted by Gasteiger charge is 2.45. The highest BCUT2D eigenvalue weighted by molar-refractivity contribution is 7.90. The first kappa shape index (κ1) is 51.0. The van der Waals surface area contributed by atoms with Crippen molar-refractivity contribution >= 4 is 68.1 Å². The summed E-state index contributed by atoms with van der Waals surface area (Å²) in [6.07, 6.45) is 6.38. The van der Waals surface area contributed by atoms with Gasteiger partial charge in [0, 0.05) is 39.1 Å². The molecule has 0 saturated carbocycles. The number of nitrogens with one attached hydrogen (secondary N) is 4. The van der Waals surface area contributed by atoms with Crippen LogP contribution in [-0.4, -0.2) is 89.1 Å². The smallest absolute Gasteiger partial charge is 0.408 e. The van der Waals surface area contributed by atoms with Gasteiger partial charge in [-0.1, -0.05) is 43.2 Å². The van der Waals surface area contributed by atoms with E-state index < -0.39 is 75.2 Å². The molecule has 19 nitrogen and oxygen atoms in total. The highest BCUT2D eigenvalue weighted by Crippen LogP contribution is 2.40. The molecule has 20 heteroatoms. The van der Waals surface area contributed by atoms with Crippen LogP contribution in [0, 0.1) is 0 Å². The fourth-order valence-corrected chi connectivity index (χ4v) is 10.2. The summed E-state index contributed by atoms with van der Waals surface area (Å²) in [4.78, 5) is 106. The zero-order chi connectivity index (χ0) is 50.7. The molecule has 0 bridgehead atoms. The molecule has 6 N–H and O–H groups in total. The zero-order valence-corrected chi connectivity index (χ0v) is 41.0. The Balaban J connectivity index is 1.02. The van der Waals surface area contributed by atoms with Gasteiger partial charge in [-0.2, -0.15) is 0 Å². The van der Waals surface area contributed by atoms with Crippen molar-refractivity contribution in [1.82, 2.24) is 30.4 Å². The molecule has 70 heavy (non-hydrogen) atoms. The van der Waals surface area contributed by atoms with E-state index in [-0.39, 0.29) is 61.6 Å². The minimum absolute atomic E-state index is 0.000283. The van der Waals surface area contributed by atoms with E-state index in [0.717, 1.165) is 72.6 Å². The van der Waals surface area contributed by atoms with Gasteiger partial charge in [0.05, 0.1) is 21.6 Å². The number of hydrogen-bond acceptors (Lipinski definition) is 11. The first-order chi connectivity index (χ1) is 33.1. The number of unbranched alkanes of at least 4 members (excludes halogenated alkanes) is 3. The molecular formula is C50H62N8O11S. The lowest BCUT2D eigenvalue weighted by Gasteiger charge is -2.29. The predicted octanol–water partition coefficient (Wildman–Crippen LogP) is 3.23. The second-order valence-electron chi connectivity index (χ2n) is 19.5. The normalized spacial score (nSPS) is 18.4. The van der Waals surface area contributed by atoms with Gasteiger partial charge in [-0.25, -0.2) is 18.0 Å². The summed E-state index contributed by atoms with van der Waals surface area (Å²) in [5.41, 5.74) is 10.6. The number of ether oxygens (including phenoxy) is 1. The number of nitrogens with zero attached hydrogens (tertiary/aromatic N) is 3. The number of carbonyl (C=O) groups excluding carboxylic acids is 7. The standard InChI is InChI=1S/C50H62N8O11S/c1-50(2,3)69-48(65)54-36-18-15-32-24-31(11-9-7-6-8-10-29-14-20-37-39(26-29)56(4)49(66)57(37)38-21-23-42(60)55-45(38)62)25-33-27-40(58(43(32)33)47(36)64)46(63)53-35(19-22-41(51)59)44(61)52-28-30-12-16-34(17-13-30)70(5,67)68/h12-14,16-17,20,24-26,35-36,38,40H,6-11,15,18-19,21-23,27-28H2,1-5H3,(H2,51,59)(H,52,61)(H,53,63)(H,54,65)(H,55,60,62)/t35-,36-,38?,40-/m0/s1. The number of hydrogen-bond donors (Lipinski definition) is 5. The van der Waals surface area contributed by atoms with Crippen LogP contribution in [0.4, 0.5) is 10.5 Å². The van der Waals surface area contributed by atoms with Crippen LogP contribution in [-0.2, 0) is 82.6 Å². The molecule has 1 unspecified atom stereocenters. The molecule has 4 atom stereocenters. The average Bonchev–Trinajstić information content (AvgIpc) is 3.75. The first-order valence-electron chi connectivity index (χ1n) is 23.7.